The van der Waals surface area contributed by atoms with E-state index in [1.54, 1.807) is 12.1 Å². The zero-order valence-electron chi connectivity index (χ0n) is 10.3. The van der Waals surface area contributed by atoms with Crippen LogP contribution in [0.2, 0.25) is 0 Å². The Balaban J connectivity index is 1.81. The van der Waals surface area contributed by atoms with Crippen molar-refractivity contribution in [3.63, 3.8) is 0 Å². The number of halogens is 1. The highest BCUT2D eigenvalue weighted by molar-refractivity contribution is 5.18. The van der Waals surface area contributed by atoms with Gasteiger partial charge in [0.05, 0.1) is 6.10 Å². The van der Waals surface area contributed by atoms with Gasteiger partial charge in [-0.2, -0.15) is 0 Å². The minimum absolute atomic E-state index is 0.255. The predicted octanol–water partition coefficient (Wildman–Crippen LogP) is 2.59. The van der Waals surface area contributed by atoms with Crippen LogP contribution in [0.3, 0.4) is 0 Å². The lowest BCUT2D eigenvalue weighted by atomic mass is 10.1. The topological polar surface area (TPSA) is 23.5 Å². The molecule has 0 spiro atoms. The van der Waals surface area contributed by atoms with Crippen LogP contribution in [0.4, 0.5) is 4.39 Å². The molecule has 0 bridgehead atoms. The maximum absolute atomic E-state index is 12.7. The molecule has 1 aliphatic rings. The summed E-state index contributed by atoms with van der Waals surface area (Å²) in [7, 11) is 0. The van der Waals surface area contributed by atoms with Crippen LogP contribution in [0.15, 0.2) is 24.3 Å². The molecule has 0 aromatic heterocycles. The molecule has 0 aliphatic carbocycles. The van der Waals surface area contributed by atoms with Gasteiger partial charge in [0.25, 0.3) is 0 Å². The summed E-state index contributed by atoms with van der Waals surface area (Å²) in [5.74, 6) is 0.521. The third-order valence-corrected chi connectivity index (χ3v) is 3.48. The first-order valence-corrected chi connectivity index (χ1v) is 6.31. The molecule has 2 rings (SSSR count). The molecular weight excluding hydrogens is 217 g/mol. The van der Waals surface area contributed by atoms with E-state index in [0.29, 0.717) is 0 Å². The second-order valence-corrected chi connectivity index (χ2v) is 5.05. The molecule has 0 amide bonds. The highest BCUT2D eigenvalue weighted by Crippen LogP contribution is 2.20. The van der Waals surface area contributed by atoms with E-state index >= 15 is 0 Å². The number of likely N-dealkylation sites (tertiary alicyclic amines) is 1. The van der Waals surface area contributed by atoms with Crippen LogP contribution in [0.5, 0.6) is 0 Å². The first-order chi connectivity index (χ1) is 8.15. The molecule has 1 aliphatic heterocycles. The number of aliphatic hydroxyl groups is 1. The maximum atomic E-state index is 12.7. The number of rotatable bonds is 4. The van der Waals surface area contributed by atoms with Gasteiger partial charge in [-0.15, -0.1) is 0 Å². The Morgan fingerprint density at radius 3 is 2.71 bits per heavy atom. The van der Waals surface area contributed by atoms with Crippen LogP contribution >= 0.6 is 0 Å². The zero-order chi connectivity index (χ0) is 12.3. The summed E-state index contributed by atoms with van der Waals surface area (Å²) >= 11 is 0. The molecular formula is C14H20FNO. The van der Waals surface area contributed by atoms with Crippen molar-refractivity contribution in [2.45, 2.75) is 25.9 Å². The van der Waals surface area contributed by atoms with Gasteiger partial charge >= 0.3 is 0 Å². The summed E-state index contributed by atoms with van der Waals surface area (Å²) in [6.07, 6.45) is 1.50. The van der Waals surface area contributed by atoms with Gasteiger partial charge in [-0.3, -0.25) is 0 Å². The van der Waals surface area contributed by atoms with Gasteiger partial charge in [-0.1, -0.05) is 19.1 Å². The molecule has 1 fully saturated rings. The fourth-order valence-corrected chi connectivity index (χ4v) is 2.39. The van der Waals surface area contributed by atoms with Gasteiger partial charge in [-0.05, 0) is 43.0 Å². The lowest BCUT2D eigenvalue weighted by Crippen LogP contribution is -2.23. The van der Waals surface area contributed by atoms with E-state index < -0.39 is 6.10 Å². The molecule has 2 unspecified atom stereocenters. The van der Waals surface area contributed by atoms with Crippen LogP contribution in [-0.2, 0) is 0 Å². The summed E-state index contributed by atoms with van der Waals surface area (Å²) in [6.45, 7) is 5.45. The van der Waals surface area contributed by atoms with Gasteiger partial charge in [0.1, 0.15) is 5.82 Å². The van der Waals surface area contributed by atoms with Gasteiger partial charge < -0.3 is 10.0 Å². The Hall–Kier alpha value is -0.930. The first kappa shape index (κ1) is 12.5. The summed E-state index contributed by atoms with van der Waals surface area (Å²) in [5, 5.41) is 9.99. The average Bonchev–Trinajstić information content (AvgIpc) is 2.73. The molecule has 17 heavy (non-hydrogen) atoms. The number of nitrogens with zero attached hydrogens (tertiary/aromatic N) is 1. The minimum Gasteiger partial charge on any atom is -0.388 e. The quantitative estimate of drug-likeness (QED) is 0.870. The number of hydrogen-bond acceptors (Lipinski definition) is 2. The van der Waals surface area contributed by atoms with Crippen molar-refractivity contribution in [1.29, 1.82) is 0 Å². The Morgan fingerprint density at radius 1 is 1.41 bits per heavy atom. The third kappa shape index (κ3) is 3.51. The fourth-order valence-electron chi connectivity index (χ4n) is 2.39. The second-order valence-electron chi connectivity index (χ2n) is 5.05. The average molecular weight is 237 g/mol. The lowest BCUT2D eigenvalue weighted by molar-refractivity contribution is 0.148. The van der Waals surface area contributed by atoms with Crippen molar-refractivity contribution in [2.75, 3.05) is 19.6 Å². The van der Waals surface area contributed by atoms with Crippen LogP contribution in [0.25, 0.3) is 0 Å². The van der Waals surface area contributed by atoms with Crippen LogP contribution in [0, 0.1) is 11.7 Å². The van der Waals surface area contributed by atoms with Crippen LogP contribution in [0.1, 0.15) is 31.4 Å². The molecule has 1 N–H and O–H groups in total. The molecule has 0 radical (unpaired) electrons. The highest BCUT2D eigenvalue weighted by Gasteiger charge is 2.19. The monoisotopic (exact) mass is 237 g/mol. The fraction of sp³-hybridized carbons (Fsp3) is 0.571. The molecule has 0 saturated carbocycles. The van der Waals surface area contributed by atoms with Gasteiger partial charge in [-0.25, -0.2) is 4.39 Å². The Bertz CT molecular complexity index is 352. The van der Waals surface area contributed by atoms with Gasteiger partial charge in [0.15, 0.2) is 0 Å². The van der Waals surface area contributed by atoms with E-state index in [4.69, 9.17) is 0 Å². The van der Waals surface area contributed by atoms with Crippen molar-refractivity contribution in [1.82, 2.24) is 4.90 Å². The minimum atomic E-state index is -0.480. The van der Waals surface area contributed by atoms with Crippen LogP contribution < -0.4 is 0 Å². The van der Waals surface area contributed by atoms with Crippen molar-refractivity contribution in [2.24, 2.45) is 5.92 Å². The smallest absolute Gasteiger partial charge is 0.123 e. The summed E-state index contributed by atoms with van der Waals surface area (Å²) in [5.41, 5.74) is 0.804. The zero-order valence-corrected chi connectivity index (χ0v) is 10.3. The molecule has 1 aromatic rings. The normalized spacial score (nSPS) is 22.9. The molecule has 94 valence electrons. The van der Waals surface area contributed by atoms with E-state index in [2.05, 4.69) is 11.8 Å². The molecule has 2 nitrogen and oxygen atoms in total. The van der Waals surface area contributed by atoms with Crippen molar-refractivity contribution in [3.8, 4) is 0 Å². The third-order valence-electron chi connectivity index (χ3n) is 3.48. The molecule has 2 atom stereocenters. The molecule has 1 saturated heterocycles. The lowest BCUT2D eigenvalue weighted by Gasteiger charge is -2.18. The van der Waals surface area contributed by atoms with Gasteiger partial charge in [0, 0.05) is 13.1 Å². The van der Waals surface area contributed by atoms with E-state index in [1.807, 2.05) is 0 Å². The van der Waals surface area contributed by atoms with E-state index in [-0.39, 0.29) is 5.82 Å². The summed E-state index contributed by atoms with van der Waals surface area (Å²) in [4.78, 5) is 2.39. The number of benzene rings is 1. The first-order valence-electron chi connectivity index (χ1n) is 6.31. The largest absolute Gasteiger partial charge is 0.388 e. The summed E-state index contributed by atoms with van der Waals surface area (Å²) < 4.78 is 12.7. The molecule has 1 aromatic carbocycles. The second kappa shape index (κ2) is 5.61. The molecule has 1 heterocycles. The maximum Gasteiger partial charge on any atom is 0.123 e. The SMILES string of the molecule is CC1CCN(CCC(O)c2ccc(F)cc2)C1. The Kier molecular flexibility index (Phi) is 4.13. The predicted molar refractivity (Wildman–Crippen MR) is 66.2 cm³/mol. The Labute approximate surface area is 102 Å². The standard InChI is InChI=1S/C14H20FNO/c1-11-6-8-16(10-11)9-7-14(17)12-2-4-13(15)5-3-12/h2-5,11,14,17H,6-10H2,1H3. The van der Waals surface area contributed by atoms with E-state index in [0.717, 1.165) is 37.5 Å². The highest BCUT2D eigenvalue weighted by atomic mass is 19.1. The van der Waals surface area contributed by atoms with E-state index in [9.17, 15) is 9.50 Å². The van der Waals surface area contributed by atoms with Crippen molar-refractivity contribution < 1.29 is 9.50 Å². The van der Waals surface area contributed by atoms with E-state index in [1.165, 1.54) is 18.6 Å². The molecule has 3 heteroatoms. The number of hydrogen-bond donors (Lipinski definition) is 1. The van der Waals surface area contributed by atoms with Gasteiger partial charge in [0.2, 0.25) is 0 Å². The summed E-state index contributed by atoms with van der Waals surface area (Å²) in [6, 6.07) is 6.12. The van der Waals surface area contributed by atoms with Crippen molar-refractivity contribution >= 4 is 0 Å². The van der Waals surface area contributed by atoms with Crippen molar-refractivity contribution in [3.05, 3.63) is 35.6 Å². The number of aliphatic hydroxyl groups excluding tert-OH is 1. The van der Waals surface area contributed by atoms with Crippen LogP contribution in [-0.4, -0.2) is 29.6 Å². The Morgan fingerprint density at radius 2 is 2.12 bits per heavy atom.